The van der Waals surface area contributed by atoms with E-state index in [1.165, 1.54) is 12.1 Å². The molecule has 0 unspecified atom stereocenters. The maximum atomic E-state index is 12.8. The number of rotatable bonds is 3. The molecule has 19 heavy (non-hydrogen) atoms. The molecule has 3 N–H and O–H groups in total. The lowest BCUT2D eigenvalue weighted by Crippen LogP contribution is -1.94. The third-order valence-corrected chi connectivity index (χ3v) is 3.04. The number of aromatic amines is 1. The highest BCUT2D eigenvalue weighted by atomic mass is 19.1. The van der Waals surface area contributed by atoms with Crippen molar-refractivity contribution in [3.05, 3.63) is 60.0 Å². The van der Waals surface area contributed by atoms with E-state index in [2.05, 4.69) is 4.98 Å². The van der Waals surface area contributed by atoms with E-state index in [4.69, 9.17) is 10.5 Å². The smallest absolute Gasteiger partial charge is 0.123 e. The zero-order valence-corrected chi connectivity index (χ0v) is 10.2. The maximum Gasteiger partial charge on any atom is 0.123 e. The summed E-state index contributed by atoms with van der Waals surface area (Å²) in [6.45, 7) is 0.412. The Hall–Kier alpha value is -2.49. The molecule has 0 fully saturated rings. The van der Waals surface area contributed by atoms with Crippen molar-refractivity contribution >= 4 is 16.6 Å². The first-order chi connectivity index (χ1) is 9.24. The number of benzene rings is 2. The fourth-order valence-corrected chi connectivity index (χ4v) is 2.05. The van der Waals surface area contributed by atoms with Crippen LogP contribution in [-0.4, -0.2) is 4.98 Å². The minimum absolute atomic E-state index is 0.271. The summed E-state index contributed by atoms with van der Waals surface area (Å²) in [6.07, 6.45) is 1.88. The average Bonchev–Trinajstić information content (AvgIpc) is 2.83. The Kier molecular flexibility index (Phi) is 2.83. The minimum Gasteiger partial charge on any atom is -0.489 e. The van der Waals surface area contributed by atoms with Gasteiger partial charge in [0.1, 0.15) is 18.2 Å². The molecule has 0 atom stereocenters. The number of nitrogens with two attached hydrogens (primary N) is 1. The first-order valence-corrected chi connectivity index (χ1v) is 5.97. The molecule has 0 aliphatic heterocycles. The van der Waals surface area contributed by atoms with E-state index in [0.29, 0.717) is 18.0 Å². The molecule has 0 bridgehead atoms. The van der Waals surface area contributed by atoms with E-state index in [1.807, 2.05) is 24.4 Å². The van der Waals surface area contributed by atoms with Gasteiger partial charge in [0, 0.05) is 17.1 Å². The lowest BCUT2D eigenvalue weighted by atomic mass is 10.1. The number of fused-ring (bicyclic) bond motifs is 1. The highest BCUT2D eigenvalue weighted by Crippen LogP contribution is 2.24. The van der Waals surface area contributed by atoms with Crippen molar-refractivity contribution < 1.29 is 9.13 Å². The van der Waals surface area contributed by atoms with Gasteiger partial charge in [-0.15, -0.1) is 0 Å². The predicted octanol–water partition coefficient (Wildman–Crippen LogP) is 3.47. The molecule has 1 heterocycles. The molecule has 0 aliphatic carbocycles. The van der Waals surface area contributed by atoms with Gasteiger partial charge in [-0.3, -0.25) is 0 Å². The quantitative estimate of drug-likeness (QED) is 0.705. The molecule has 0 aliphatic rings. The first-order valence-electron chi connectivity index (χ1n) is 5.97. The monoisotopic (exact) mass is 256 g/mol. The van der Waals surface area contributed by atoms with E-state index in [1.54, 1.807) is 12.1 Å². The van der Waals surface area contributed by atoms with Gasteiger partial charge in [0.15, 0.2) is 0 Å². The topological polar surface area (TPSA) is 51.0 Å². The Balaban J connectivity index is 1.82. The van der Waals surface area contributed by atoms with Crippen molar-refractivity contribution in [1.82, 2.24) is 4.98 Å². The van der Waals surface area contributed by atoms with Crippen LogP contribution in [0.2, 0.25) is 0 Å². The van der Waals surface area contributed by atoms with E-state index >= 15 is 0 Å². The van der Waals surface area contributed by atoms with Crippen LogP contribution < -0.4 is 10.5 Å². The van der Waals surface area contributed by atoms with Crippen LogP contribution in [0, 0.1) is 5.82 Å². The maximum absolute atomic E-state index is 12.8. The fourth-order valence-electron chi connectivity index (χ4n) is 2.05. The molecule has 0 saturated carbocycles. The van der Waals surface area contributed by atoms with Gasteiger partial charge in [0.25, 0.3) is 0 Å². The molecule has 3 aromatic rings. The van der Waals surface area contributed by atoms with E-state index in [9.17, 15) is 4.39 Å². The fraction of sp³-hybridized carbons (Fsp3) is 0.0667. The summed E-state index contributed by atoms with van der Waals surface area (Å²) in [6, 6.07) is 11.7. The Bertz CT molecular complexity index is 704. The van der Waals surface area contributed by atoms with Gasteiger partial charge in [-0.25, -0.2) is 4.39 Å². The summed E-state index contributed by atoms with van der Waals surface area (Å²) in [5.41, 5.74) is 8.53. The lowest BCUT2D eigenvalue weighted by Gasteiger charge is -2.05. The molecule has 2 aromatic carbocycles. The summed E-state index contributed by atoms with van der Waals surface area (Å²) in [5.74, 6) is 0.367. The Morgan fingerprint density at radius 2 is 1.89 bits per heavy atom. The number of halogens is 1. The van der Waals surface area contributed by atoms with Gasteiger partial charge < -0.3 is 15.5 Å². The second kappa shape index (κ2) is 4.65. The Morgan fingerprint density at radius 3 is 2.68 bits per heavy atom. The van der Waals surface area contributed by atoms with Crippen LogP contribution in [0.3, 0.4) is 0 Å². The third-order valence-electron chi connectivity index (χ3n) is 3.04. The van der Waals surface area contributed by atoms with Crippen LogP contribution in [0.15, 0.2) is 48.7 Å². The molecule has 4 heteroatoms. The molecule has 1 aromatic heterocycles. The Morgan fingerprint density at radius 1 is 1.11 bits per heavy atom. The minimum atomic E-state index is -0.271. The van der Waals surface area contributed by atoms with Gasteiger partial charge in [-0.2, -0.15) is 0 Å². The predicted molar refractivity (Wildman–Crippen MR) is 73.4 cm³/mol. The molecule has 0 amide bonds. The van der Waals surface area contributed by atoms with E-state index < -0.39 is 0 Å². The number of hydrogen-bond donors (Lipinski definition) is 2. The molecular formula is C15H13FN2O. The largest absolute Gasteiger partial charge is 0.489 e. The number of H-pyrrole nitrogens is 1. The number of hydrogen-bond acceptors (Lipinski definition) is 2. The van der Waals surface area contributed by atoms with Crippen LogP contribution in [0.1, 0.15) is 5.56 Å². The molecule has 3 rings (SSSR count). The van der Waals surface area contributed by atoms with Crippen molar-refractivity contribution in [3.63, 3.8) is 0 Å². The van der Waals surface area contributed by atoms with Crippen LogP contribution in [0.5, 0.6) is 5.75 Å². The summed E-state index contributed by atoms with van der Waals surface area (Å²) < 4.78 is 18.4. The van der Waals surface area contributed by atoms with Gasteiger partial charge in [-0.1, -0.05) is 12.1 Å². The second-order valence-corrected chi connectivity index (χ2v) is 4.33. The zero-order chi connectivity index (χ0) is 13.2. The summed E-state index contributed by atoms with van der Waals surface area (Å²) in [5, 5.41) is 1.04. The van der Waals surface area contributed by atoms with Crippen molar-refractivity contribution in [2.45, 2.75) is 6.61 Å². The number of para-hydroxylation sites is 1. The standard InChI is InChI=1S/C15H13FN2O/c16-11-4-6-12(7-5-11)19-9-10-8-18-15-13(10)2-1-3-14(15)17/h1-8,18H,9,17H2. The summed E-state index contributed by atoms with van der Waals surface area (Å²) >= 11 is 0. The number of anilines is 1. The Labute approximate surface area is 109 Å². The van der Waals surface area contributed by atoms with Crippen LogP contribution in [0.4, 0.5) is 10.1 Å². The van der Waals surface area contributed by atoms with Crippen molar-refractivity contribution in [3.8, 4) is 5.75 Å². The number of nitrogens with one attached hydrogen (secondary N) is 1. The molecule has 0 saturated heterocycles. The van der Waals surface area contributed by atoms with Crippen LogP contribution in [-0.2, 0) is 6.61 Å². The highest BCUT2D eigenvalue weighted by Gasteiger charge is 2.06. The number of nitrogen functional groups attached to an aromatic ring is 1. The van der Waals surface area contributed by atoms with Crippen molar-refractivity contribution in [2.75, 3.05) is 5.73 Å². The number of ether oxygens (including phenoxy) is 1. The SMILES string of the molecule is Nc1cccc2c(COc3ccc(F)cc3)c[nH]c12. The van der Waals surface area contributed by atoms with Crippen molar-refractivity contribution in [2.24, 2.45) is 0 Å². The molecule has 96 valence electrons. The summed E-state index contributed by atoms with van der Waals surface area (Å²) in [7, 11) is 0. The van der Waals surface area contributed by atoms with E-state index in [0.717, 1.165) is 16.5 Å². The zero-order valence-electron chi connectivity index (χ0n) is 10.2. The van der Waals surface area contributed by atoms with Gasteiger partial charge in [-0.05, 0) is 30.3 Å². The van der Waals surface area contributed by atoms with Crippen LogP contribution >= 0.6 is 0 Å². The van der Waals surface area contributed by atoms with Crippen LogP contribution in [0.25, 0.3) is 10.9 Å². The van der Waals surface area contributed by atoms with Gasteiger partial charge in [0.2, 0.25) is 0 Å². The van der Waals surface area contributed by atoms with Crippen molar-refractivity contribution in [1.29, 1.82) is 0 Å². The van der Waals surface area contributed by atoms with Gasteiger partial charge in [0.05, 0.1) is 11.2 Å². The molecule has 0 radical (unpaired) electrons. The molecular weight excluding hydrogens is 243 g/mol. The van der Waals surface area contributed by atoms with E-state index in [-0.39, 0.29) is 5.82 Å². The third kappa shape index (κ3) is 2.25. The lowest BCUT2D eigenvalue weighted by molar-refractivity contribution is 0.307. The van der Waals surface area contributed by atoms with Gasteiger partial charge >= 0.3 is 0 Å². The second-order valence-electron chi connectivity index (χ2n) is 4.33. The molecule has 0 spiro atoms. The first kappa shape index (κ1) is 11.6. The average molecular weight is 256 g/mol. The highest BCUT2D eigenvalue weighted by molar-refractivity contribution is 5.92. The molecule has 3 nitrogen and oxygen atoms in total. The number of aromatic nitrogens is 1. The normalized spacial score (nSPS) is 10.8. The summed E-state index contributed by atoms with van der Waals surface area (Å²) in [4.78, 5) is 3.14.